The molecule has 1 aromatic heterocycles. The van der Waals surface area contributed by atoms with E-state index in [1.54, 1.807) is 18.3 Å². The maximum atomic E-state index is 13.0. The lowest BCUT2D eigenvalue weighted by molar-refractivity contribution is -0.0000191. The number of hydrazone groups is 1. The number of halogens is 1. The molecule has 1 N–H and O–H groups in total. The number of sulfonamides is 1. The molecule has 0 bridgehead atoms. The van der Waals surface area contributed by atoms with E-state index in [1.165, 1.54) is 27.8 Å². The maximum Gasteiger partial charge on any atom is 0.271 e. The van der Waals surface area contributed by atoms with Crippen molar-refractivity contribution in [1.82, 2.24) is 14.7 Å². The third kappa shape index (κ3) is 6.47. The van der Waals surface area contributed by atoms with Gasteiger partial charge in [0.1, 0.15) is 0 Å². The molecular formula is C25H27BrN5O5S2-. The van der Waals surface area contributed by atoms with E-state index in [4.69, 9.17) is 14.5 Å². The van der Waals surface area contributed by atoms with Crippen molar-refractivity contribution in [3.05, 3.63) is 65.0 Å². The quantitative estimate of drug-likeness (QED) is 0.278. The third-order valence-electron chi connectivity index (χ3n) is 6.02. The molecule has 0 saturated carbocycles. The summed E-state index contributed by atoms with van der Waals surface area (Å²) in [5, 5.41) is 5.04. The summed E-state index contributed by atoms with van der Waals surface area (Å²) in [6.45, 7) is 4.10. The van der Waals surface area contributed by atoms with Crippen LogP contribution in [0.25, 0.3) is 11.3 Å². The number of carbonyl (C=O) groups excluding carboxylic acids is 1. The molecule has 38 heavy (non-hydrogen) atoms. The molecule has 0 aliphatic carbocycles. The Morgan fingerprint density at radius 2 is 1.66 bits per heavy atom. The average Bonchev–Trinajstić information content (AvgIpc) is 3.39. The molecule has 2 aliphatic heterocycles. The second-order valence-electron chi connectivity index (χ2n) is 8.42. The molecule has 2 saturated heterocycles. The van der Waals surface area contributed by atoms with Gasteiger partial charge in [-0.05, 0) is 18.2 Å². The van der Waals surface area contributed by atoms with Crippen LogP contribution in [0.4, 0.5) is 5.13 Å². The zero-order valence-electron chi connectivity index (χ0n) is 20.5. The Balaban J connectivity index is 0.00000336. The molecule has 0 atom stereocenters. The Bertz CT molecular complexity index is 1370. The summed E-state index contributed by atoms with van der Waals surface area (Å²) in [5.74, 6) is -0.505. The minimum atomic E-state index is -3.71. The zero-order valence-corrected chi connectivity index (χ0v) is 23.7. The Kier molecular flexibility index (Phi) is 9.63. The van der Waals surface area contributed by atoms with Crippen LogP contribution >= 0.6 is 11.3 Å². The lowest BCUT2D eigenvalue weighted by Gasteiger charge is -2.26. The fourth-order valence-corrected chi connectivity index (χ4v) is 6.51. The number of aromatic nitrogens is 1. The Morgan fingerprint density at radius 1 is 0.974 bits per heavy atom. The summed E-state index contributed by atoms with van der Waals surface area (Å²) in [4.78, 5) is 20.7. The van der Waals surface area contributed by atoms with Crippen LogP contribution in [0.5, 0.6) is 0 Å². The van der Waals surface area contributed by atoms with Crippen LogP contribution in [0.3, 0.4) is 0 Å². The maximum absolute atomic E-state index is 13.0. The number of morpholine rings is 2. The van der Waals surface area contributed by atoms with Gasteiger partial charge in [-0.25, -0.2) is 18.8 Å². The minimum Gasteiger partial charge on any atom is -1.00 e. The first-order valence-electron chi connectivity index (χ1n) is 11.9. The Hall–Kier alpha value is -2.68. The van der Waals surface area contributed by atoms with Gasteiger partial charge < -0.3 is 31.4 Å². The first kappa shape index (κ1) is 28.3. The van der Waals surface area contributed by atoms with E-state index in [2.05, 4.69) is 15.4 Å². The van der Waals surface area contributed by atoms with Crippen molar-refractivity contribution in [2.45, 2.75) is 4.90 Å². The summed E-state index contributed by atoms with van der Waals surface area (Å²) >= 11 is 1.49. The highest BCUT2D eigenvalue weighted by Gasteiger charge is 2.27. The van der Waals surface area contributed by atoms with Gasteiger partial charge in [0, 0.05) is 37.3 Å². The number of ether oxygens (including phenoxy) is 2. The topological polar surface area (TPSA) is 113 Å². The Morgan fingerprint density at radius 3 is 2.37 bits per heavy atom. The highest BCUT2D eigenvalue weighted by molar-refractivity contribution is 7.89. The van der Waals surface area contributed by atoms with Crippen LogP contribution in [0, 0.1) is 0 Å². The number of thiazole rings is 1. The molecule has 0 unspecified atom stereocenters. The number of nitrogens with zero attached hydrogens (tertiary/aromatic N) is 4. The third-order valence-corrected chi connectivity index (χ3v) is 8.97. The highest BCUT2D eigenvalue weighted by atomic mass is 79.9. The monoisotopic (exact) mass is 620 g/mol. The van der Waals surface area contributed by atoms with Gasteiger partial charge >= 0.3 is 0 Å². The van der Waals surface area contributed by atoms with E-state index < -0.39 is 15.9 Å². The van der Waals surface area contributed by atoms with Gasteiger partial charge in [-0.1, -0.05) is 47.7 Å². The molecule has 2 aromatic carbocycles. The molecule has 202 valence electrons. The summed E-state index contributed by atoms with van der Waals surface area (Å²) < 4.78 is 38.0. The van der Waals surface area contributed by atoms with Crippen LogP contribution < -0.4 is 27.3 Å². The van der Waals surface area contributed by atoms with E-state index >= 15 is 0 Å². The number of rotatable bonds is 7. The van der Waals surface area contributed by atoms with Crippen LogP contribution in [-0.4, -0.2) is 82.4 Å². The molecule has 3 heterocycles. The van der Waals surface area contributed by atoms with E-state index in [0.717, 1.165) is 34.4 Å². The van der Waals surface area contributed by atoms with Crippen molar-refractivity contribution in [2.75, 3.05) is 57.5 Å². The average molecular weight is 622 g/mol. The number of amides is 1. The van der Waals surface area contributed by atoms with Crippen molar-refractivity contribution in [3.63, 3.8) is 0 Å². The second kappa shape index (κ2) is 12.9. The van der Waals surface area contributed by atoms with E-state index in [9.17, 15) is 13.2 Å². The van der Waals surface area contributed by atoms with Crippen molar-refractivity contribution in [2.24, 2.45) is 5.10 Å². The number of carbonyl (C=O) groups is 1. The Labute approximate surface area is 236 Å². The summed E-state index contributed by atoms with van der Waals surface area (Å²) in [6, 6.07) is 15.8. The SMILES string of the molecule is O=C(N/N=C/c1sc(N2CCOCC2)nc1-c1ccccc1)c1cccc(S(=O)(=O)N2CCOCC2)c1.[Br-]. The molecule has 3 aromatic rings. The molecular weight excluding hydrogens is 594 g/mol. The van der Waals surface area contributed by atoms with Crippen molar-refractivity contribution >= 4 is 38.6 Å². The highest BCUT2D eigenvalue weighted by Crippen LogP contribution is 2.32. The lowest BCUT2D eigenvalue weighted by atomic mass is 10.1. The fourth-order valence-electron chi connectivity index (χ4n) is 4.05. The molecule has 0 radical (unpaired) electrons. The fraction of sp³-hybridized carbons (Fsp3) is 0.320. The van der Waals surface area contributed by atoms with E-state index in [-0.39, 0.29) is 40.5 Å². The molecule has 0 spiro atoms. The minimum absolute atomic E-state index is 0. The van der Waals surface area contributed by atoms with Crippen molar-refractivity contribution in [3.8, 4) is 11.3 Å². The first-order valence-corrected chi connectivity index (χ1v) is 14.2. The number of hydrogen-bond donors (Lipinski definition) is 1. The molecule has 2 aliphatic rings. The zero-order chi connectivity index (χ0) is 25.7. The lowest BCUT2D eigenvalue weighted by Crippen LogP contribution is -3.00. The summed E-state index contributed by atoms with van der Waals surface area (Å²) in [6.07, 6.45) is 1.58. The number of hydrogen-bond acceptors (Lipinski definition) is 9. The summed E-state index contributed by atoms with van der Waals surface area (Å²) in [7, 11) is -3.71. The predicted molar refractivity (Wildman–Crippen MR) is 142 cm³/mol. The molecule has 1 amide bonds. The number of nitrogens with one attached hydrogen (secondary N) is 1. The van der Waals surface area contributed by atoms with Crippen LogP contribution in [-0.2, 0) is 19.5 Å². The van der Waals surface area contributed by atoms with Crippen LogP contribution in [0.1, 0.15) is 15.2 Å². The van der Waals surface area contributed by atoms with Crippen LogP contribution in [0.2, 0.25) is 0 Å². The second-order valence-corrected chi connectivity index (χ2v) is 11.4. The van der Waals surface area contributed by atoms with Gasteiger partial charge in [0.05, 0.1) is 48.1 Å². The molecule has 13 heteroatoms. The van der Waals surface area contributed by atoms with Crippen molar-refractivity contribution in [1.29, 1.82) is 0 Å². The molecule has 2 fully saturated rings. The van der Waals surface area contributed by atoms with Crippen molar-refractivity contribution < 1.29 is 39.7 Å². The first-order chi connectivity index (χ1) is 18.0. The smallest absolute Gasteiger partial charge is 0.271 e. The van der Waals surface area contributed by atoms with Gasteiger partial charge in [-0.15, -0.1) is 0 Å². The normalized spacial score (nSPS) is 16.8. The van der Waals surface area contributed by atoms with E-state index in [1.807, 2.05) is 30.3 Å². The van der Waals surface area contributed by atoms with Gasteiger partial charge in [-0.3, -0.25) is 4.79 Å². The number of benzene rings is 2. The predicted octanol–water partition coefficient (Wildman–Crippen LogP) is -0.564. The van der Waals surface area contributed by atoms with Gasteiger partial charge in [0.2, 0.25) is 10.0 Å². The van der Waals surface area contributed by atoms with Crippen LogP contribution in [0.15, 0.2) is 64.6 Å². The largest absolute Gasteiger partial charge is 1.00 e. The van der Waals surface area contributed by atoms with Gasteiger partial charge in [0.25, 0.3) is 5.91 Å². The standard InChI is InChI=1S/C25H27N5O5S2.BrH/c31-24(20-7-4-8-21(17-20)37(32,33)30-11-15-35-16-12-30)28-26-18-22-23(19-5-2-1-3-6-19)27-25(36-22)29-9-13-34-14-10-29;/h1-8,17-18H,9-16H2,(H,28,31);1H/p-1/b26-18+;. The molecule has 5 rings (SSSR count). The van der Waals surface area contributed by atoms with E-state index in [0.29, 0.717) is 26.4 Å². The number of anilines is 1. The van der Waals surface area contributed by atoms with Gasteiger partial charge in [-0.2, -0.15) is 9.41 Å². The van der Waals surface area contributed by atoms with Gasteiger partial charge in [0.15, 0.2) is 5.13 Å². The molecule has 10 nitrogen and oxygen atoms in total. The summed E-state index contributed by atoms with van der Waals surface area (Å²) in [5.41, 5.74) is 4.45.